The van der Waals surface area contributed by atoms with Crippen molar-refractivity contribution in [1.29, 1.82) is 0 Å². The smallest absolute Gasteiger partial charge is 0.255 e. The third kappa shape index (κ3) is 4.83. The number of nitrogens with one attached hydrogen (secondary N) is 1. The molecule has 0 aliphatic heterocycles. The van der Waals surface area contributed by atoms with Gasteiger partial charge in [-0.2, -0.15) is 0 Å². The van der Waals surface area contributed by atoms with E-state index < -0.39 is 0 Å². The van der Waals surface area contributed by atoms with E-state index in [1.807, 2.05) is 79.7 Å². The minimum absolute atomic E-state index is 0.0878. The Bertz CT molecular complexity index is 922. The molecule has 0 aliphatic rings. The van der Waals surface area contributed by atoms with Gasteiger partial charge in [-0.3, -0.25) is 9.59 Å². The van der Waals surface area contributed by atoms with Crippen molar-refractivity contribution in [1.82, 2.24) is 0 Å². The lowest BCUT2D eigenvalue weighted by molar-refractivity contribution is 0.101. The van der Waals surface area contributed by atoms with Gasteiger partial charge in [0.1, 0.15) is 0 Å². The van der Waals surface area contributed by atoms with E-state index in [1.54, 1.807) is 6.07 Å². The van der Waals surface area contributed by atoms with Crippen molar-refractivity contribution in [3.05, 3.63) is 95.6 Å². The zero-order valence-corrected chi connectivity index (χ0v) is 15.3. The summed E-state index contributed by atoms with van der Waals surface area (Å²) in [6.45, 7) is 1.96. The second-order valence-electron chi connectivity index (χ2n) is 5.93. The van der Waals surface area contributed by atoms with Crippen molar-refractivity contribution in [2.24, 2.45) is 0 Å². The molecular formula is C22H19NO2S. The molecule has 0 aromatic heterocycles. The van der Waals surface area contributed by atoms with Crippen LogP contribution in [0.1, 0.15) is 26.3 Å². The van der Waals surface area contributed by atoms with Gasteiger partial charge >= 0.3 is 0 Å². The summed E-state index contributed by atoms with van der Waals surface area (Å²) in [5.74, 6) is 0.306. The van der Waals surface area contributed by atoms with E-state index in [-0.39, 0.29) is 11.7 Å². The number of hydrogen-bond donors (Lipinski definition) is 1. The number of aryl methyl sites for hydroxylation is 1. The molecular weight excluding hydrogens is 342 g/mol. The Morgan fingerprint density at radius 1 is 0.846 bits per heavy atom. The van der Waals surface area contributed by atoms with E-state index in [0.29, 0.717) is 22.6 Å². The van der Waals surface area contributed by atoms with Crippen LogP contribution in [0, 0.1) is 6.92 Å². The van der Waals surface area contributed by atoms with Crippen molar-refractivity contribution >= 4 is 29.1 Å². The molecule has 0 heterocycles. The number of carbonyl (C=O) groups excluding carboxylic acids is 2. The second kappa shape index (κ2) is 8.50. The van der Waals surface area contributed by atoms with Crippen LogP contribution in [0.5, 0.6) is 0 Å². The van der Waals surface area contributed by atoms with Crippen LogP contribution in [0.15, 0.2) is 83.8 Å². The number of carbonyl (C=O) groups is 2. The van der Waals surface area contributed by atoms with E-state index >= 15 is 0 Å². The number of ketones is 1. The highest BCUT2D eigenvalue weighted by Crippen LogP contribution is 2.23. The van der Waals surface area contributed by atoms with Crippen molar-refractivity contribution in [3.8, 4) is 0 Å². The predicted octanol–water partition coefficient (Wildman–Crippen LogP) is 5.22. The third-order valence-electron chi connectivity index (χ3n) is 3.84. The van der Waals surface area contributed by atoms with Gasteiger partial charge in [-0.05, 0) is 37.3 Å². The number of anilines is 1. The van der Waals surface area contributed by atoms with Gasteiger partial charge in [-0.15, -0.1) is 11.8 Å². The summed E-state index contributed by atoms with van der Waals surface area (Å²) in [5, 5.41) is 2.91. The zero-order chi connectivity index (χ0) is 18.4. The number of Topliss-reactive ketones (excluding diaryl/α,β-unsaturated/α-hetero) is 1. The van der Waals surface area contributed by atoms with Gasteiger partial charge in [0.15, 0.2) is 5.78 Å². The Morgan fingerprint density at radius 3 is 2.35 bits per heavy atom. The van der Waals surface area contributed by atoms with Crippen molar-refractivity contribution in [3.63, 3.8) is 0 Å². The number of amides is 1. The van der Waals surface area contributed by atoms with Crippen LogP contribution in [0.2, 0.25) is 0 Å². The summed E-state index contributed by atoms with van der Waals surface area (Å²) < 4.78 is 0. The molecule has 0 radical (unpaired) electrons. The quantitative estimate of drug-likeness (QED) is 0.483. The van der Waals surface area contributed by atoms with Crippen LogP contribution >= 0.6 is 11.8 Å². The molecule has 1 N–H and O–H groups in total. The van der Waals surface area contributed by atoms with Crippen LogP contribution in [0.3, 0.4) is 0 Å². The normalized spacial score (nSPS) is 10.3. The molecule has 1 amide bonds. The SMILES string of the molecule is Cc1cccc(C(=O)Nc2cccc(SCC(=O)c3ccccc3)c2)c1. The second-order valence-corrected chi connectivity index (χ2v) is 6.98. The summed E-state index contributed by atoms with van der Waals surface area (Å²) in [6, 6.07) is 24.3. The molecule has 0 saturated carbocycles. The monoisotopic (exact) mass is 361 g/mol. The Morgan fingerprint density at radius 2 is 1.58 bits per heavy atom. The molecule has 4 heteroatoms. The number of rotatable bonds is 6. The molecule has 3 aromatic rings. The topological polar surface area (TPSA) is 46.2 Å². The standard InChI is InChI=1S/C22H19NO2S/c1-16-7-5-10-18(13-16)22(25)23-19-11-6-12-20(14-19)26-15-21(24)17-8-3-2-4-9-17/h2-14H,15H2,1H3,(H,23,25). The highest BCUT2D eigenvalue weighted by atomic mass is 32.2. The maximum Gasteiger partial charge on any atom is 0.255 e. The Labute approximate surface area is 157 Å². The van der Waals surface area contributed by atoms with E-state index in [9.17, 15) is 9.59 Å². The number of hydrogen-bond acceptors (Lipinski definition) is 3. The molecule has 130 valence electrons. The summed E-state index contributed by atoms with van der Waals surface area (Å²) in [5.41, 5.74) is 3.10. The van der Waals surface area contributed by atoms with Crippen LogP contribution in [0.4, 0.5) is 5.69 Å². The minimum atomic E-state index is -0.142. The van der Waals surface area contributed by atoms with Crippen molar-refractivity contribution < 1.29 is 9.59 Å². The highest BCUT2D eigenvalue weighted by molar-refractivity contribution is 8.00. The van der Waals surface area contributed by atoms with E-state index in [0.717, 1.165) is 10.5 Å². The lowest BCUT2D eigenvalue weighted by Gasteiger charge is -2.08. The molecule has 0 fully saturated rings. The fourth-order valence-electron chi connectivity index (χ4n) is 2.51. The Hall–Kier alpha value is -2.85. The molecule has 0 atom stereocenters. The molecule has 3 aromatic carbocycles. The largest absolute Gasteiger partial charge is 0.322 e. The average molecular weight is 361 g/mol. The van der Waals surface area contributed by atoms with E-state index in [4.69, 9.17) is 0 Å². The third-order valence-corrected chi connectivity index (χ3v) is 4.83. The highest BCUT2D eigenvalue weighted by Gasteiger charge is 2.08. The average Bonchev–Trinajstić information content (AvgIpc) is 2.67. The van der Waals surface area contributed by atoms with Gasteiger partial charge in [0.05, 0.1) is 5.75 Å². The molecule has 3 rings (SSSR count). The lowest BCUT2D eigenvalue weighted by Crippen LogP contribution is -2.11. The van der Waals surface area contributed by atoms with Gasteiger partial charge in [0.2, 0.25) is 0 Å². The van der Waals surface area contributed by atoms with Gasteiger partial charge in [0, 0.05) is 21.7 Å². The van der Waals surface area contributed by atoms with E-state index in [1.165, 1.54) is 11.8 Å². The molecule has 0 bridgehead atoms. The van der Waals surface area contributed by atoms with Crippen LogP contribution in [-0.2, 0) is 0 Å². The molecule has 0 spiro atoms. The summed E-state index contributed by atoms with van der Waals surface area (Å²) in [6.07, 6.45) is 0. The van der Waals surface area contributed by atoms with Crippen LogP contribution in [0.25, 0.3) is 0 Å². The molecule has 0 saturated heterocycles. The van der Waals surface area contributed by atoms with Crippen molar-refractivity contribution in [2.45, 2.75) is 11.8 Å². The van der Waals surface area contributed by atoms with Crippen LogP contribution in [-0.4, -0.2) is 17.4 Å². The zero-order valence-electron chi connectivity index (χ0n) is 14.4. The van der Waals surface area contributed by atoms with Gasteiger partial charge < -0.3 is 5.32 Å². The van der Waals surface area contributed by atoms with Gasteiger partial charge in [-0.25, -0.2) is 0 Å². The van der Waals surface area contributed by atoms with Gasteiger partial charge in [0.25, 0.3) is 5.91 Å². The fourth-order valence-corrected chi connectivity index (χ4v) is 3.36. The first-order chi connectivity index (χ1) is 12.6. The molecule has 3 nitrogen and oxygen atoms in total. The van der Waals surface area contributed by atoms with Crippen LogP contribution < -0.4 is 5.32 Å². The summed E-state index contributed by atoms with van der Waals surface area (Å²) in [4.78, 5) is 25.5. The Balaban J connectivity index is 1.63. The number of thioether (sulfide) groups is 1. The maximum atomic E-state index is 12.4. The fraction of sp³-hybridized carbons (Fsp3) is 0.0909. The lowest BCUT2D eigenvalue weighted by atomic mass is 10.1. The number of benzene rings is 3. The summed E-state index contributed by atoms with van der Waals surface area (Å²) in [7, 11) is 0. The summed E-state index contributed by atoms with van der Waals surface area (Å²) >= 11 is 1.46. The van der Waals surface area contributed by atoms with E-state index in [2.05, 4.69) is 5.32 Å². The first-order valence-electron chi connectivity index (χ1n) is 8.31. The first kappa shape index (κ1) is 18.0. The minimum Gasteiger partial charge on any atom is -0.322 e. The first-order valence-corrected chi connectivity index (χ1v) is 9.29. The molecule has 26 heavy (non-hydrogen) atoms. The van der Waals surface area contributed by atoms with Crippen molar-refractivity contribution in [2.75, 3.05) is 11.1 Å². The molecule has 0 unspecified atom stereocenters. The molecule has 0 aliphatic carbocycles. The van der Waals surface area contributed by atoms with Gasteiger partial charge in [-0.1, -0.05) is 54.1 Å². The Kier molecular flexibility index (Phi) is 5.87. The maximum absolute atomic E-state index is 12.4. The predicted molar refractivity (Wildman–Crippen MR) is 107 cm³/mol.